The number of nitrogens with zero attached hydrogens (tertiary/aromatic N) is 3. The minimum atomic E-state index is -0.557. The minimum absolute atomic E-state index is 0.0264. The molecular formula is C19H18ClN3O4. The van der Waals surface area contributed by atoms with Gasteiger partial charge in [-0.2, -0.15) is 0 Å². The van der Waals surface area contributed by atoms with Crippen LogP contribution in [0.2, 0.25) is 5.02 Å². The fourth-order valence-corrected chi connectivity index (χ4v) is 3.41. The molecule has 0 aromatic heterocycles. The molecular weight excluding hydrogens is 370 g/mol. The average Bonchev–Trinajstić information content (AvgIpc) is 2.78. The van der Waals surface area contributed by atoms with Gasteiger partial charge in [-0.25, -0.2) is 0 Å². The molecule has 0 bridgehead atoms. The van der Waals surface area contributed by atoms with Crippen molar-refractivity contribution < 1.29 is 14.8 Å². The molecule has 0 fully saturated rings. The van der Waals surface area contributed by atoms with Crippen molar-refractivity contribution in [2.24, 2.45) is 0 Å². The van der Waals surface area contributed by atoms with Crippen LogP contribution in [0.5, 0.6) is 0 Å². The molecule has 1 atom stereocenters. The van der Waals surface area contributed by atoms with Gasteiger partial charge in [0, 0.05) is 37.0 Å². The SMILES string of the molecule is CN1Cc2ccccc2N(C(=O)c2ccc([N+](=O)[O-])cc2Cl)C[C@H]1/C=C/O. The summed E-state index contributed by atoms with van der Waals surface area (Å²) < 4.78 is 0. The third kappa shape index (κ3) is 3.79. The third-order valence-corrected chi connectivity index (χ3v) is 4.90. The van der Waals surface area contributed by atoms with Gasteiger partial charge in [-0.05, 0) is 30.8 Å². The van der Waals surface area contributed by atoms with Gasteiger partial charge in [0.2, 0.25) is 0 Å². The Bertz CT molecular complexity index is 916. The number of aliphatic hydroxyl groups is 1. The number of nitro benzene ring substituents is 1. The van der Waals surface area contributed by atoms with Crippen molar-refractivity contribution in [3.8, 4) is 0 Å². The fourth-order valence-electron chi connectivity index (χ4n) is 3.15. The van der Waals surface area contributed by atoms with E-state index in [0.717, 1.165) is 17.5 Å². The highest BCUT2D eigenvalue weighted by Gasteiger charge is 2.30. The summed E-state index contributed by atoms with van der Waals surface area (Å²) in [4.78, 5) is 27.2. The molecule has 27 heavy (non-hydrogen) atoms. The molecule has 1 N–H and O–H groups in total. The van der Waals surface area contributed by atoms with Gasteiger partial charge in [-0.1, -0.05) is 29.8 Å². The molecule has 0 unspecified atom stereocenters. The minimum Gasteiger partial charge on any atom is -0.516 e. The zero-order valence-electron chi connectivity index (χ0n) is 14.6. The second-order valence-electron chi connectivity index (χ2n) is 6.29. The lowest BCUT2D eigenvalue weighted by Gasteiger charge is -2.27. The van der Waals surface area contributed by atoms with E-state index in [0.29, 0.717) is 13.1 Å². The average molecular weight is 388 g/mol. The van der Waals surface area contributed by atoms with E-state index >= 15 is 0 Å². The van der Waals surface area contributed by atoms with Crippen LogP contribution in [-0.2, 0) is 6.54 Å². The number of anilines is 1. The predicted molar refractivity (Wildman–Crippen MR) is 103 cm³/mol. The summed E-state index contributed by atoms with van der Waals surface area (Å²) in [5.74, 6) is -0.353. The van der Waals surface area contributed by atoms with E-state index in [1.807, 2.05) is 36.2 Å². The highest BCUT2D eigenvalue weighted by Crippen LogP contribution is 2.30. The van der Waals surface area contributed by atoms with Crippen molar-refractivity contribution in [3.05, 3.63) is 81.1 Å². The van der Waals surface area contributed by atoms with Crippen LogP contribution >= 0.6 is 11.6 Å². The molecule has 8 heteroatoms. The molecule has 2 aromatic rings. The number of rotatable bonds is 3. The fraction of sp³-hybridized carbons (Fsp3) is 0.211. The first-order chi connectivity index (χ1) is 12.9. The highest BCUT2D eigenvalue weighted by molar-refractivity contribution is 6.34. The van der Waals surface area contributed by atoms with Gasteiger partial charge in [0.05, 0.1) is 21.8 Å². The van der Waals surface area contributed by atoms with Crippen molar-refractivity contribution in [1.82, 2.24) is 4.90 Å². The summed E-state index contributed by atoms with van der Waals surface area (Å²) in [5.41, 5.74) is 1.72. The quantitative estimate of drug-likeness (QED) is 0.492. The predicted octanol–water partition coefficient (Wildman–Crippen LogP) is 3.78. The normalized spacial score (nSPS) is 17.6. The molecule has 0 saturated heterocycles. The van der Waals surface area contributed by atoms with E-state index in [9.17, 15) is 20.0 Å². The number of para-hydroxylation sites is 1. The number of fused-ring (bicyclic) bond motifs is 1. The molecule has 0 spiro atoms. The van der Waals surface area contributed by atoms with Crippen LogP contribution in [-0.4, -0.2) is 40.5 Å². The van der Waals surface area contributed by atoms with E-state index in [4.69, 9.17) is 11.6 Å². The van der Waals surface area contributed by atoms with E-state index in [-0.39, 0.29) is 28.2 Å². The van der Waals surface area contributed by atoms with E-state index in [1.54, 1.807) is 11.0 Å². The second kappa shape index (κ2) is 7.77. The van der Waals surface area contributed by atoms with E-state index < -0.39 is 4.92 Å². The number of benzene rings is 2. The molecule has 1 aliphatic heterocycles. The van der Waals surface area contributed by atoms with Crippen LogP contribution < -0.4 is 4.90 Å². The van der Waals surface area contributed by atoms with Crippen molar-refractivity contribution in [1.29, 1.82) is 0 Å². The maximum atomic E-state index is 13.2. The molecule has 0 radical (unpaired) electrons. The van der Waals surface area contributed by atoms with Gasteiger partial charge >= 0.3 is 0 Å². The van der Waals surface area contributed by atoms with Crippen LogP contribution in [0.4, 0.5) is 11.4 Å². The Hall–Kier alpha value is -2.90. The molecule has 7 nitrogen and oxygen atoms in total. The number of likely N-dealkylation sites (N-methyl/N-ethyl adjacent to an activating group) is 1. The maximum Gasteiger partial charge on any atom is 0.270 e. The summed E-state index contributed by atoms with van der Waals surface area (Å²) in [5, 5.41) is 20.2. The van der Waals surface area contributed by atoms with Gasteiger partial charge in [-0.3, -0.25) is 19.8 Å². The largest absolute Gasteiger partial charge is 0.516 e. The zero-order chi connectivity index (χ0) is 19.6. The lowest BCUT2D eigenvalue weighted by molar-refractivity contribution is -0.384. The van der Waals surface area contributed by atoms with Crippen molar-refractivity contribution in [2.75, 3.05) is 18.5 Å². The van der Waals surface area contributed by atoms with Gasteiger partial charge in [-0.15, -0.1) is 0 Å². The Labute approximate surface area is 161 Å². The molecule has 1 amide bonds. The lowest BCUT2D eigenvalue weighted by atomic mass is 10.1. The molecule has 2 aromatic carbocycles. The molecule has 3 rings (SSSR count). The third-order valence-electron chi connectivity index (χ3n) is 4.59. The number of carbonyl (C=O) groups is 1. The summed E-state index contributed by atoms with van der Waals surface area (Å²) in [6.07, 6.45) is 2.59. The van der Waals surface area contributed by atoms with Crippen LogP contribution in [0.15, 0.2) is 54.8 Å². The van der Waals surface area contributed by atoms with Gasteiger partial charge in [0.1, 0.15) is 0 Å². The van der Waals surface area contributed by atoms with Crippen LogP contribution in [0.1, 0.15) is 15.9 Å². The first kappa shape index (κ1) is 18.9. The molecule has 1 heterocycles. The van der Waals surface area contributed by atoms with Crippen molar-refractivity contribution in [3.63, 3.8) is 0 Å². The summed E-state index contributed by atoms with van der Waals surface area (Å²) >= 11 is 6.17. The van der Waals surface area contributed by atoms with Gasteiger partial charge < -0.3 is 10.0 Å². The Morgan fingerprint density at radius 1 is 1.33 bits per heavy atom. The van der Waals surface area contributed by atoms with Crippen LogP contribution in [0.3, 0.4) is 0 Å². The van der Waals surface area contributed by atoms with Crippen LogP contribution in [0.25, 0.3) is 0 Å². The Morgan fingerprint density at radius 3 is 2.74 bits per heavy atom. The summed E-state index contributed by atoms with van der Waals surface area (Å²) in [6, 6.07) is 11.1. The number of aliphatic hydroxyl groups excluding tert-OH is 1. The number of hydrogen-bond donors (Lipinski definition) is 1. The first-order valence-electron chi connectivity index (χ1n) is 8.27. The standard InChI is InChI=1S/C19H18ClN3O4/c1-21-11-13-4-2-3-5-18(13)22(12-15(21)8-9-24)19(25)16-7-6-14(23(26)27)10-17(16)20/h2-10,15,24H,11-12H2,1H3/b9-8+/t15-/m1/s1. The highest BCUT2D eigenvalue weighted by atomic mass is 35.5. The number of non-ortho nitro benzene ring substituents is 1. The zero-order valence-corrected chi connectivity index (χ0v) is 15.3. The number of carbonyl (C=O) groups excluding carboxylic acids is 1. The number of amides is 1. The number of halogens is 1. The smallest absolute Gasteiger partial charge is 0.270 e. The van der Waals surface area contributed by atoms with E-state index in [2.05, 4.69) is 0 Å². The summed E-state index contributed by atoms with van der Waals surface area (Å²) in [7, 11) is 1.91. The molecule has 0 saturated carbocycles. The van der Waals surface area contributed by atoms with Gasteiger partial charge in [0.25, 0.3) is 11.6 Å². The van der Waals surface area contributed by atoms with Gasteiger partial charge in [0.15, 0.2) is 0 Å². The molecule has 0 aliphatic carbocycles. The van der Waals surface area contributed by atoms with Crippen LogP contribution in [0, 0.1) is 10.1 Å². The monoisotopic (exact) mass is 387 g/mol. The number of hydrogen-bond acceptors (Lipinski definition) is 5. The Kier molecular flexibility index (Phi) is 5.43. The Morgan fingerprint density at radius 2 is 2.07 bits per heavy atom. The number of nitro groups is 1. The Balaban J connectivity index is 2.04. The lowest BCUT2D eigenvalue weighted by Crippen LogP contribution is -2.41. The maximum absolute atomic E-state index is 13.2. The summed E-state index contributed by atoms with van der Waals surface area (Å²) in [6.45, 7) is 0.902. The topological polar surface area (TPSA) is 86.9 Å². The van der Waals surface area contributed by atoms with E-state index in [1.165, 1.54) is 18.2 Å². The molecule has 1 aliphatic rings. The van der Waals surface area contributed by atoms with Crippen molar-refractivity contribution >= 4 is 28.9 Å². The molecule has 140 valence electrons. The first-order valence-corrected chi connectivity index (χ1v) is 8.65. The second-order valence-corrected chi connectivity index (χ2v) is 6.70. The van der Waals surface area contributed by atoms with Crippen molar-refractivity contribution in [2.45, 2.75) is 12.6 Å².